The topological polar surface area (TPSA) is 209 Å². The van der Waals surface area contributed by atoms with Crippen LogP contribution in [0.15, 0.2) is 150 Å². The fraction of sp³-hybridized carbons (Fsp3) is 0.315. The van der Waals surface area contributed by atoms with Gasteiger partial charge in [-0.3, -0.25) is 14.6 Å². The number of alkyl halides is 12. The Morgan fingerprint density at radius 3 is 1.41 bits per heavy atom. The fourth-order valence-corrected chi connectivity index (χ4v) is 12.2. The number of nitrogens with one attached hydrogen (secondary N) is 4. The third-order valence-electron chi connectivity index (χ3n) is 17.6. The normalized spacial score (nSPS) is 15.7. The van der Waals surface area contributed by atoms with E-state index in [4.69, 9.17) is 23.5 Å². The molecule has 5 N–H and O–H groups in total. The third-order valence-corrected chi connectivity index (χ3v) is 18.3. The second kappa shape index (κ2) is 33.0. The molecule has 1 saturated heterocycles. The Kier molecular flexibility index (Phi) is 25.1. The summed E-state index contributed by atoms with van der Waals surface area (Å²) in [5.41, 5.74) is -4.49. The van der Waals surface area contributed by atoms with E-state index in [1.54, 1.807) is 12.1 Å². The van der Waals surface area contributed by atoms with Crippen LogP contribution < -0.4 is 36.2 Å². The van der Waals surface area contributed by atoms with E-state index in [1.165, 1.54) is 91.3 Å². The van der Waals surface area contributed by atoms with Crippen LogP contribution in [0.5, 0.6) is 11.5 Å². The second-order valence-corrected chi connectivity index (χ2v) is 26.2. The number of fused-ring (bicyclic) bond motifs is 2. The highest BCUT2D eigenvalue weighted by atomic mass is 79.9. The molecule has 0 saturated carbocycles. The third kappa shape index (κ3) is 19.4. The lowest BCUT2D eigenvalue weighted by atomic mass is 9.75. The van der Waals surface area contributed by atoms with E-state index in [0.29, 0.717) is 72.5 Å². The number of ether oxygens (including phenoxy) is 3. The number of hydrogen-bond acceptors (Lipinski definition) is 13. The predicted molar refractivity (Wildman–Crippen MR) is 361 cm³/mol. The van der Waals surface area contributed by atoms with Gasteiger partial charge in [-0.05, 0) is 157 Å². The van der Waals surface area contributed by atoms with Gasteiger partial charge in [0, 0.05) is 47.6 Å². The van der Waals surface area contributed by atoms with Crippen LogP contribution in [0.2, 0.25) is 0 Å². The number of rotatable bonds is 18. The molecule has 3 aliphatic heterocycles. The van der Waals surface area contributed by atoms with E-state index >= 15 is 17.6 Å². The Balaban J connectivity index is 0.000000216. The largest absolute Gasteiger partial charge is 0.498 e. The number of anilines is 2. The Labute approximate surface area is 609 Å². The molecule has 4 atom stereocenters. The number of carbonyl (C=O) groups is 4. The molecule has 0 radical (unpaired) electrons. The molecule has 0 aliphatic carbocycles. The average Bonchev–Trinajstić information content (AvgIpc) is 1.67. The molecule has 0 unspecified atom stereocenters. The summed E-state index contributed by atoms with van der Waals surface area (Å²) in [7, 11) is 0.391. The lowest BCUT2D eigenvalue weighted by molar-refractivity contribution is -0.144. The summed E-state index contributed by atoms with van der Waals surface area (Å²) >= 11 is 2.70. The highest BCUT2D eigenvalue weighted by Gasteiger charge is 2.53. The van der Waals surface area contributed by atoms with Crippen LogP contribution in [0.4, 0.5) is 81.6 Å². The molecule has 6 aromatic carbocycles. The number of carboxylic acid groups (broad SMARTS) is 1. The number of carboxylic acids is 1. The van der Waals surface area contributed by atoms with Gasteiger partial charge in [-0.2, -0.15) is 52.7 Å². The van der Waals surface area contributed by atoms with Crippen LogP contribution in [0.25, 0.3) is 11.3 Å². The van der Waals surface area contributed by atoms with Crippen LogP contribution in [-0.2, 0) is 61.7 Å². The molecule has 8 aromatic rings. The van der Waals surface area contributed by atoms with Crippen LogP contribution in [0.3, 0.4) is 0 Å². The van der Waals surface area contributed by atoms with Gasteiger partial charge in [0.1, 0.15) is 74.7 Å². The Morgan fingerprint density at radius 1 is 0.561 bits per heavy atom. The quantitative estimate of drug-likeness (QED) is 0.0234. The average molecular weight is 1580 g/mol. The van der Waals surface area contributed by atoms with Crippen molar-refractivity contribution >= 4 is 63.6 Å². The number of aliphatic carboxylic acids is 1. The highest BCUT2D eigenvalue weighted by Crippen LogP contribution is 2.45. The van der Waals surface area contributed by atoms with Crippen LogP contribution in [0.1, 0.15) is 118 Å². The smallest absolute Gasteiger partial charge is 0.494 e. The van der Waals surface area contributed by atoms with Gasteiger partial charge in [0.05, 0.1) is 48.3 Å². The number of methoxy groups -OCH3 is 1. The first-order valence-electron chi connectivity index (χ1n) is 32.5. The summed E-state index contributed by atoms with van der Waals surface area (Å²) < 4.78 is 249. The van der Waals surface area contributed by atoms with E-state index in [1.807, 2.05) is 38.3 Å². The molecule has 3 aliphatic rings. The van der Waals surface area contributed by atoms with Crippen molar-refractivity contribution in [3.05, 3.63) is 229 Å². The fourth-order valence-electron chi connectivity index (χ4n) is 11.8. The minimum atomic E-state index is -4.86. The molecule has 1 fully saturated rings. The molecule has 16 nitrogen and oxygen atoms in total. The SMILES string of the molecule is COC(=O)[C@H](Cc1ccc(B2OC(C)(C)C(C)(C)O2)c2c1CCCO2)NC(=O)c1c(F)cc(N[C@H](c2ccccc2)C(F)(F)F)cc1F.FC(F)(F)c1cccnc1Br.O=C(N[C@@H](Cc1ccc(-c2ncccc2C(F)(F)F)c2c1CCCO2)C(=O)O)c1c(F)cc(N[C@H](c2ccccc2)C(F)(F)F)cc1F. The molecule has 5 heterocycles. The van der Waals surface area contributed by atoms with Crippen molar-refractivity contribution in [2.75, 3.05) is 31.0 Å². The molecular weight excluding hydrogens is 1520 g/mol. The molecule has 2 amide bonds. The summed E-state index contributed by atoms with van der Waals surface area (Å²) in [4.78, 5) is 58.5. The number of amides is 2. The molecule has 11 rings (SSSR count). The minimum Gasteiger partial charge on any atom is -0.494 e. The number of pyridine rings is 2. The Morgan fingerprint density at radius 2 is 0.981 bits per heavy atom. The Bertz CT molecular complexity index is 4490. The van der Waals surface area contributed by atoms with E-state index in [-0.39, 0.29) is 52.1 Å². The summed E-state index contributed by atoms with van der Waals surface area (Å²) in [6.45, 7) is 8.32. The molecule has 568 valence electrons. The Hall–Kier alpha value is -9.96. The highest BCUT2D eigenvalue weighted by molar-refractivity contribution is 9.10. The zero-order valence-electron chi connectivity index (χ0n) is 56.8. The second-order valence-electron chi connectivity index (χ2n) is 25.4. The summed E-state index contributed by atoms with van der Waals surface area (Å²) in [6, 6.07) is 18.1. The lowest BCUT2D eigenvalue weighted by Gasteiger charge is -2.32. The van der Waals surface area contributed by atoms with Crippen molar-refractivity contribution in [1.82, 2.24) is 20.6 Å². The maximum absolute atomic E-state index is 15.2. The summed E-state index contributed by atoms with van der Waals surface area (Å²) in [6.07, 6.45) is -14.8. The van der Waals surface area contributed by atoms with Gasteiger partial charge in [0.15, 0.2) is 0 Å². The molecule has 0 spiro atoms. The van der Waals surface area contributed by atoms with Crippen molar-refractivity contribution < 1.29 is 118 Å². The maximum Gasteiger partial charge on any atom is 0.498 e. The van der Waals surface area contributed by atoms with E-state index in [0.717, 1.165) is 30.9 Å². The van der Waals surface area contributed by atoms with Gasteiger partial charge in [-0.15, -0.1) is 0 Å². The minimum absolute atomic E-state index is 0.0233. The molecule has 0 bridgehead atoms. The molecular formula is C73H64BBrF16N6O10. The number of benzene rings is 6. The number of esters is 1. The number of carbonyl (C=O) groups excluding carboxylic acids is 3. The number of hydrogen-bond donors (Lipinski definition) is 5. The molecule has 2 aromatic heterocycles. The maximum atomic E-state index is 15.2. The first-order chi connectivity index (χ1) is 50.2. The van der Waals surface area contributed by atoms with Crippen molar-refractivity contribution in [2.24, 2.45) is 0 Å². The van der Waals surface area contributed by atoms with Gasteiger partial charge < -0.3 is 49.9 Å². The molecule has 107 heavy (non-hydrogen) atoms. The van der Waals surface area contributed by atoms with Crippen LogP contribution >= 0.6 is 15.9 Å². The predicted octanol–water partition coefficient (Wildman–Crippen LogP) is 16.2. The molecule has 34 heteroatoms. The van der Waals surface area contributed by atoms with Crippen molar-refractivity contribution in [3.8, 4) is 22.8 Å². The van der Waals surface area contributed by atoms with E-state index < -0.39 is 160 Å². The van der Waals surface area contributed by atoms with Crippen molar-refractivity contribution in [1.29, 1.82) is 0 Å². The van der Waals surface area contributed by atoms with Crippen molar-refractivity contribution in [2.45, 2.75) is 126 Å². The van der Waals surface area contributed by atoms with E-state index in [2.05, 4.69) is 36.5 Å². The number of aromatic nitrogens is 2. The van der Waals surface area contributed by atoms with E-state index in [9.17, 15) is 77.0 Å². The van der Waals surface area contributed by atoms with Gasteiger partial charge >= 0.3 is 43.8 Å². The zero-order valence-corrected chi connectivity index (χ0v) is 58.4. The van der Waals surface area contributed by atoms with Gasteiger partial charge in [-0.25, -0.2) is 32.1 Å². The van der Waals surface area contributed by atoms with Crippen LogP contribution in [0, 0.1) is 23.3 Å². The van der Waals surface area contributed by atoms with Crippen molar-refractivity contribution in [3.63, 3.8) is 0 Å². The summed E-state index contributed by atoms with van der Waals surface area (Å²) in [5.74, 6) is -10.6. The first-order valence-corrected chi connectivity index (χ1v) is 33.3. The van der Waals surface area contributed by atoms with Gasteiger partial charge in [0.2, 0.25) is 0 Å². The monoisotopic (exact) mass is 1580 g/mol. The first kappa shape index (κ1) is 81.1. The number of nitrogens with zero attached hydrogens (tertiary/aromatic N) is 2. The summed E-state index contributed by atoms with van der Waals surface area (Å²) in [5, 5.41) is 18.4. The number of halogens is 17. The van der Waals surface area contributed by atoms with Gasteiger partial charge in [-0.1, -0.05) is 78.9 Å². The van der Waals surface area contributed by atoms with Crippen LogP contribution in [-0.4, -0.2) is 102 Å². The zero-order chi connectivity index (χ0) is 78.3. The standard InChI is InChI=1S/C34H36BF5N2O6.C33H25F8N3O4.C6H3BrF3N/c1-32(2)33(3,4)48-35(47-32)23-14-13-20(22-12-9-15-46-28(22)23)16-26(31(44)45-5)42-30(43)27-24(36)17-21(18-25(27)37)41-29(34(38,39)40)19-10-7-6-8-11-19;34-23-15-19(43-29(33(39,40)41)17-6-2-1-3-7-17)16-24(35)26(23)30(45)44-25(31(46)47)14-18-10-11-21(28-20(18)8-5-13-48-28)27-22(32(36,37)38)9-4-12-42-27;7-5-4(6(8,9)10)2-1-3-11-5/h6-8,10-11,13-14,17-18,26,29,41H,9,12,15-16H2,1-5H3,(H,42,43);1-4,6-7,9-12,15-16,25,29,43H,5,8,13-14H2,(H,44,45)(H,46,47);1-3H/t26-,29+;25-,29+;/m00./s1. The van der Waals surface area contributed by atoms with Gasteiger partial charge in [0.25, 0.3) is 11.8 Å². The lowest BCUT2D eigenvalue weighted by Crippen LogP contribution is -2.44.